The van der Waals surface area contributed by atoms with E-state index in [1.807, 2.05) is 30.3 Å². The molecule has 1 unspecified atom stereocenters. The lowest BCUT2D eigenvalue weighted by Crippen LogP contribution is -2.18. The van der Waals surface area contributed by atoms with Gasteiger partial charge in [0, 0.05) is 21.0 Å². The highest BCUT2D eigenvalue weighted by Crippen LogP contribution is 2.35. The average molecular weight is 366 g/mol. The summed E-state index contributed by atoms with van der Waals surface area (Å²) in [6, 6.07) is 14.5. The Labute approximate surface area is 139 Å². The summed E-state index contributed by atoms with van der Waals surface area (Å²) in [4.78, 5) is 1.14. The van der Waals surface area contributed by atoms with Gasteiger partial charge in [-0.3, -0.25) is 0 Å². The van der Waals surface area contributed by atoms with Gasteiger partial charge in [0.15, 0.2) is 0 Å². The van der Waals surface area contributed by atoms with Gasteiger partial charge < -0.3 is 10.1 Å². The molecule has 0 aliphatic heterocycles. The Kier molecular flexibility index (Phi) is 6.15. The van der Waals surface area contributed by atoms with Crippen LogP contribution in [0.1, 0.15) is 25.5 Å². The highest BCUT2D eigenvalue weighted by molar-refractivity contribution is 9.10. The van der Waals surface area contributed by atoms with Crippen LogP contribution in [0.25, 0.3) is 0 Å². The molecule has 0 aliphatic rings. The van der Waals surface area contributed by atoms with Crippen LogP contribution in [0.15, 0.2) is 51.8 Å². The lowest BCUT2D eigenvalue weighted by atomic mass is 10.1. The summed E-state index contributed by atoms with van der Waals surface area (Å²) in [7, 11) is 0. The van der Waals surface area contributed by atoms with Crippen LogP contribution in [-0.4, -0.2) is 12.8 Å². The van der Waals surface area contributed by atoms with E-state index in [2.05, 4.69) is 53.5 Å². The molecule has 1 N–H and O–H groups in total. The molecule has 0 bridgehead atoms. The van der Waals surface area contributed by atoms with Crippen molar-refractivity contribution >= 4 is 27.7 Å². The van der Waals surface area contributed by atoms with Gasteiger partial charge in [0.25, 0.3) is 0 Å². The van der Waals surface area contributed by atoms with Crippen LogP contribution in [0.4, 0.5) is 0 Å². The number of hydrogen-bond donors (Lipinski definition) is 1. The fourth-order valence-corrected chi connectivity index (χ4v) is 3.09. The molecule has 0 aliphatic carbocycles. The standard InChI is InChI=1S/C17H20BrNOS/c1-4-19-12(2)14-11-13(18)9-10-15(14)20-16-7-5-6-8-17(16)21-3/h5-12,19H,4H2,1-3H3. The van der Waals surface area contributed by atoms with Crippen molar-refractivity contribution in [3.63, 3.8) is 0 Å². The Morgan fingerprint density at radius 3 is 2.67 bits per heavy atom. The topological polar surface area (TPSA) is 21.3 Å². The minimum atomic E-state index is 0.240. The molecule has 0 saturated heterocycles. The van der Waals surface area contributed by atoms with Gasteiger partial charge in [-0.1, -0.05) is 35.0 Å². The number of thioether (sulfide) groups is 1. The van der Waals surface area contributed by atoms with Crippen molar-refractivity contribution in [2.45, 2.75) is 24.8 Å². The van der Waals surface area contributed by atoms with Crippen molar-refractivity contribution in [1.82, 2.24) is 5.32 Å². The summed E-state index contributed by atoms with van der Waals surface area (Å²) in [5.74, 6) is 1.80. The molecular formula is C17H20BrNOS. The molecule has 0 spiro atoms. The Bertz CT molecular complexity index is 603. The summed E-state index contributed by atoms with van der Waals surface area (Å²) in [6.07, 6.45) is 2.06. The van der Waals surface area contributed by atoms with E-state index in [9.17, 15) is 0 Å². The zero-order valence-corrected chi connectivity index (χ0v) is 14.9. The first kappa shape index (κ1) is 16.4. The number of ether oxygens (including phenoxy) is 1. The quantitative estimate of drug-likeness (QED) is 0.669. The molecule has 2 aromatic carbocycles. The number of benzene rings is 2. The van der Waals surface area contributed by atoms with E-state index in [4.69, 9.17) is 4.74 Å². The highest BCUT2D eigenvalue weighted by Gasteiger charge is 2.13. The third-order valence-electron chi connectivity index (χ3n) is 3.24. The number of halogens is 1. The lowest BCUT2D eigenvalue weighted by Gasteiger charge is -2.19. The molecule has 0 saturated carbocycles. The summed E-state index contributed by atoms with van der Waals surface area (Å²) < 4.78 is 7.24. The molecule has 112 valence electrons. The highest BCUT2D eigenvalue weighted by atomic mass is 79.9. The van der Waals surface area contributed by atoms with Crippen molar-refractivity contribution in [2.75, 3.05) is 12.8 Å². The van der Waals surface area contributed by atoms with E-state index < -0.39 is 0 Å². The zero-order valence-electron chi connectivity index (χ0n) is 12.5. The Hall–Kier alpha value is -0.970. The van der Waals surface area contributed by atoms with Crippen LogP contribution in [0.3, 0.4) is 0 Å². The lowest BCUT2D eigenvalue weighted by molar-refractivity contribution is 0.453. The minimum Gasteiger partial charge on any atom is -0.456 e. The summed E-state index contributed by atoms with van der Waals surface area (Å²) in [5, 5.41) is 3.44. The monoisotopic (exact) mass is 365 g/mol. The summed E-state index contributed by atoms with van der Waals surface area (Å²) in [6.45, 7) is 5.19. The Balaban J connectivity index is 2.35. The van der Waals surface area contributed by atoms with Gasteiger partial charge in [0.05, 0.1) is 0 Å². The second kappa shape index (κ2) is 7.87. The van der Waals surface area contributed by atoms with Crippen molar-refractivity contribution < 1.29 is 4.74 Å². The number of nitrogens with one attached hydrogen (secondary N) is 1. The van der Waals surface area contributed by atoms with E-state index in [-0.39, 0.29) is 6.04 Å². The van der Waals surface area contributed by atoms with Gasteiger partial charge in [0.2, 0.25) is 0 Å². The van der Waals surface area contributed by atoms with Crippen LogP contribution in [-0.2, 0) is 0 Å². The SMILES string of the molecule is CCNC(C)c1cc(Br)ccc1Oc1ccccc1SC. The predicted octanol–water partition coefficient (Wildman–Crippen LogP) is 5.63. The summed E-state index contributed by atoms with van der Waals surface area (Å²) in [5.41, 5.74) is 1.15. The maximum atomic E-state index is 6.17. The first-order chi connectivity index (χ1) is 10.2. The molecule has 2 nitrogen and oxygen atoms in total. The normalized spacial score (nSPS) is 12.2. The second-order valence-electron chi connectivity index (χ2n) is 4.71. The molecule has 4 heteroatoms. The molecule has 2 aromatic rings. The Morgan fingerprint density at radius 2 is 1.95 bits per heavy atom. The molecule has 2 rings (SSSR count). The number of para-hydroxylation sites is 1. The fourth-order valence-electron chi connectivity index (χ4n) is 2.19. The van der Waals surface area contributed by atoms with Crippen LogP contribution < -0.4 is 10.1 Å². The van der Waals surface area contributed by atoms with Crippen molar-refractivity contribution in [1.29, 1.82) is 0 Å². The Morgan fingerprint density at radius 1 is 1.19 bits per heavy atom. The molecule has 0 fully saturated rings. The zero-order chi connectivity index (χ0) is 15.2. The third-order valence-corrected chi connectivity index (χ3v) is 4.51. The third kappa shape index (κ3) is 4.25. The molecule has 0 aromatic heterocycles. The first-order valence-corrected chi connectivity index (χ1v) is 9.01. The van der Waals surface area contributed by atoms with Gasteiger partial charge in [-0.05, 0) is 50.1 Å². The van der Waals surface area contributed by atoms with Gasteiger partial charge in [-0.25, -0.2) is 0 Å². The smallest absolute Gasteiger partial charge is 0.140 e. The van der Waals surface area contributed by atoms with Crippen LogP contribution in [0.5, 0.6) is 11.5 Å². The predicted molar refractivity (Wildman–Crippen MR) is 94.5 cm³/mol. The molecule has 0 amide bonds. The second-order valence-corrected chi connectivity index (χ2v) is 6.48. The van der Waals surface area contributed by atoms with Crippen molar-refractivity contribution in [2.24, 2.45) is 0 Å². The molecule has 21 heavy (non-hydrogen) atoms. The van der Waals surface area contributed by atoms with E-state index in [1.165, 1.54) is 0 Å². The van der Waals surface area contributed by atoms with Gasteiger partial charge in [-0.15, -0.1) is 11.8 Å². The van der Waals surface area contributed by atoms with Crippen LogP contribution >= 0.6 is 27.7 Å². The average Bonchev–Trinajstić information content (AvgIpc) is 2.49. The van der Waals surface area contributed by atoms with E-state index >= 15 is 0 Å². The number of hydrogen-bond acceptors (Lipinski definition) is 3. The molecule has 0 radical (unpaired) electrons. The van der Waals surface area contributed by atoms with Crippen LogP contribution in [0.2, 0.25) is 0 Å². The maximum Gasteiger partial charge on any atom is 0.140 e. The van der Waals surface area contributed by atoms with Crippen LogP contribution in [0, 0.1) is 0 Å². The van der Waals surface area contributed by atoms with Gasteiger partial charge in [-0.2, -0.15) is 0 Å². The van der Waals surface area contributed by atoms with E-state index in [0.717, 1.165) is 33.0 Å². The minimum absolute atomic E-state index is 0.240. The summed E-state index contributed by atoms with van der Waals surface area (Å²) >= 11 is 5.23. The van der Waals surface area contributed by atoms with Gasteiger partial charge in [0.1, 0.15) is 11.5 Å². The van der Waals surface area contributed by atoms with E-state index in [1.54, 1.807) is 11.8 Å². The molecular weight excluding hydrogens is 346 g/mol. The van der Waals surface area contributed by atoms with Gasteiger partial charge >= 0.3 is 0 Å². The molecule has 0 heterocycles. The maximum absolute atomic E-state index is 6.17. The van der Waals surface area contributed by atoms with Crippen molar-refractivity contribution in [3.8, 4) is 11.5 Å². The van der Waals surface area contributed by atoms with E-state index in [0.29, 0.717) is 0 Å². The fraction of sp³-hybridized carbons (Fsp3) is 0.294. The number of rotatable bonds is 6. The largest absolute Gasteiger partial charge is 0.456 e. The first-order valence-electron chi connectivity index (χ1n) is 6.99. The van der Waals surface area contributed by atoms with Crippen molar-refractivity contribution in [3.05, 3.63) is 52.5 Å². The molecule has 1 atom stereocenters.